The number of nitrogens with zero attached hydrogens (tertiary/aromatic N) is 1. The van der Waals surface area contributed by atoms with Crippen molar-refractivity contribution in [3.63, 3.8) is 0 Å². The molecule has 1 aliphatic heterocycles. The molecule has 0 saturated carbocycles. The number of carbonyl (C=O) groups excluding carboxylic acids is 2. The van der Waals surface area contributed by atoms with Gasteiger partial charge in [0.05, 0.1) is 5.92 Å². The van der Waals surface area contributed by atoms with Crippen LogP contribution in [0.5, 0.6) is 0 Å². The smallest absolute Gasteiger partial charge is 0.233 e. The summed E-state index contributed by atoms with van der Waals surface area (Å²) in [6.45, 7) is 4.63. The summed E-state index contributed by atoms with van der Waals surface area (Å²) in [5, 5.41) is 1.19. The number of aromatic amines is 1. The summed E-state index contributed by atoms with van der Waals surface area (Å²) in [6.07, 6.45) is 3.63. The van der Waals surface area contributed by atoms with Gasteiger partial charge in [-0.1, -0.05) is 42.0 Å². The van der Waals surface area contributed by atoms with Crippen LogP contribution in [0.1, 0.15) is 28.7 Å². The van der Waals surface area contributed by atoms with Crippen molar-refractivity contribution in [2.24, 2.45) is 5.92 Å². The first kappa shape index (κ1) is 17.5. The lowest BCUT2D eigenvalue weighted by Crippen LogP contribution is -2.33. The van der Waals surface area contributed by atoms with Gasteiger partial charge in [0, 0.05) is 30.1 Å². The van der Waals surface area contributed by atoms with Crippen molar-refractivity contribution in [2.45, 2.75) is 33.1 Å². The number of aromatic nitrogens is 1. The van der Waals surface area contributed by atoms with Gasteiger partial charge in [-0.25, -0.2) is 0 Å². The normalized spacial score (nSPS) is 17.3. The molecule has 4 rings (SSSR count). The van der Waals surface area contributed by atoms with Crippen LogP contribution in [0.2, 0.25) is 0 Å². The molecule has 2 heterocycles. The zero-order valence-electron chi connectivity index (χ0n) is 15.8. The van der Waals surface area contributed by atoms with Gasteiger partial charge in [0.25, 0.3) is 0 Å². The number of hydrogen-bond donors (Lipinski definition) is 1. The maximum absolute atomic E-state index is 12.7. The monoisotopic (exact) mass is 360 g/mol. The molecule has 1 atom stereocenters. The summed E-state index contributed by atoms with van der Waals surface area (Å²) < 4.78 is 0. The van der Waals surface area contributed by atoms with Crippen molar-refractivity contribution >= 4 is 22.7 Å². The number of amides is 2. The van der Waals surface area contributed by atoms with E-state index in [-0.39, 0.29) is 17.7 Å². The molecule has 0 spiro atoms. The summed E-state index contributed by atoms with van der Waals surface area (Å²) in [5.74, 6) is -0.309. The lowest BCUT2D eigenvalue weighted by molar-refractivity contribution is -0.139. The number of rotatable bonds is 5. The molecule has 1 aliphatic rings. The van der Waals surface area contributed by atoms with E-state index >= 15 is 0 Å². The van der Waals surface area contributed by atoms with Crippen molar-refractivity contribution in [3.05, 3.63) is 70.9 Å². The van der Waals surface area contributed by atoms with Crippen molar-refractivity contribution in [1.82, 2.24) is 9.88 Å². The van der Waals surface area contributed by atoms with Crippen LogP contribution in [0.15, 0.2) is 48.7 Å². The highest BCUT2D eigenvalue weighted by molar-refractivity contribution is 6.03. The second-order valence-electron chi connectivity index (χ2n) is 7.54. The summed E-state index contributed by atoms with van der Waals surface area (Å²) in [7, 11) is 0. The molecule has 1 fully saturated rings. The molecule has 1 aromatic heterocycles. The van der Waals surface area contributed by atoms with Gasteiger partial charge in [-0.05, 0) is 49.4 Å². The van der Waals surface area contributed by atoms with Crippen molar-refractivity contribution in [1.29, 1.82) is 0 Å². The van der Waals surface area contributed by atoms with Crippen molar-refractivity contribution in [3.8, 4) is 0 Å². The van der Waals surface area contributed by atoms with E-state index in [1.54, 1.807) is 0 Å². The fourth-order valence-electron chi connectivity index (χ4n) is 4.13. The number of fused-ring (bicyclic) bond motifs is 1. The Kier molecular flexibility index (Phi) is 4.56. The van der Waals surface area contributed by atoms with Gasteiger partial charge in [-0.15, -0.1) is 0 Å². The SMILES string of the molecule is Cc1cc(C)c2[nH]cc(CCN3C(=O)CC(Cc4ccccc4)C3=O)c2c1. The molecule has 3 aromatic rings. The van der Waals surface area contributed by atoms with Gasteiger partial charge < -0.3 is 4.98 Å². The fraction of sp³-hybridized carbons (Fsp3) is 0.304. The largest absolute Gasteiger partial charge is 0.361 e. The Morgan fingerprint density at radius 1 is 1.11 bits per heavy atom. The summed E-state index contributed by atoms with van der Waals surface area (Å²) in [6, 6.07) is 14.2. The number of benzene rings is 2. The number of hydrogen-bond acceptors (Lipinski definition) is 2. The third-order valence-corrected chi connectivity index (χ3v) is 5.48. The Balaban J connectivity index is 1.47. The Labute approximate surface area is 159 Å². The molecule has 0 aliphatic carbocycles. The first-order valence-corrected chi connectivity index (χ1v) is 9.48. The topological polar surface area (TPSA) is 53.2 Å². The molecule has 27 heavy (non-hydrogen) atoms. The fourth-order valence-corrected chi connectivity index (χ4v) is 4.13. The Bertz CT molecular complexity index is 1000. The van der Waals surface area contributed by atoms with Crippen molar-refractivity contribution < 1.29 is 9.59 Å². The van der Waals surface area contributed by atoms with Crippen molar-refractivity contribution in [2.75, 3.05) is 6.54 Å². The molecule has 0 bridgehead atoms. The third kappa shape index (κ3) is 3.39. The van der Waals surface area contributed by atoms with Gasteiger partial charge >= 0.3 is 0 Å². The Morgan fingerprint density at radius 2 is 1.89 bits per heavy atom. The number of likely N-dealkylation sites (tertiary alicyclic amines) is 1. The van der Waals surface area contributed by atoms with Crippen LogP contribution in [0.25, 0.3) is 10.9 Å². The quantitative estimate of drug-likeness (QED) is 0.701. The van der Waals surface area contributed by atoms with Crippen LogP contribution in [0.4, 0.5) is 0 Å². The van der Waals surface area contributed by atoms with Crippen LogP contribution in [0, 0.1) is 19.8 Å². The lowest BCUT2D eigenvalue weighted by Gasteiger charge is -2.15. The minimum atomic E-state index is -0.229. The number of aryl methyl sites for hydroxylation is 2. The minimum absolute atomic E-state index is 0.0314. The van der Waals surface area contributed by atoms with Crippen LogP contribution >= 0.6 is 0 Å². The highest BCUT2D eigenvalue weighted by atomic mass is 16.2. The second-order valence-corrected chi connectivity index (χ2v) is 7.54. The molecule has 1 unspecified atom stereocenters. The molecule has 1 N–H and O–H groups in total. The average Bonchev–Trinajstić information content (AvgIpc) is 3.16. The molecule has 138 valence electrons. The average molecular weight is 360 g/mol. The predicted molar refractivity (Wildman–Crippen MR) is 106 cm³/mol. The maximum atomic E-state index is 12.7. The van der Waals surface area contributed by atoms with Crippen LogP contribution in [0.3, 0.4) is 0 Å². The molecule has 2 amide bonds. The Hall–Kier alpha value is -2.88. The first-order valence-electron chi connectivity index (χ1n) is 9.48. The number of H-pyrrole nitrogens is 1. The van der Waals surface area contributed by atoms with E-state index in [9.17, 15) is 9.59 Å². The highest BCUT2D eigenvalue weighted by Gasteiger charge is 2.38. The summed E-state index contributed by atoms with van der Waals surface area (Å²) in [5.41, 5.74) is 5.83. The highest BCUT2D eigenvalue weighted by Crippen LogP contribution is 2.26. The van der Waals surface area contributed by atoms with E-state index in [1.807, 2.05) is 36.5 Å². The predicted octanol–water partition coefficient (Wildman–Crippen LogP) is 3.95. The molecule has 1 saturated heterocycles. The number of carbonyl (C=O) groups is 2. The molecule has 4 nitrogen and oxygen atoms in total. The molecule has 0 radical (unpaired) electrons. The van der Waals surface area contributed by atoms with E-state index < -0.39 is 0 Å². The van der Waals surface area contributed by atoms with Crippen LogP contribution in [-0.4, -0.2) is 28.2 Å². The summed E-state index contributed by atoms with van der Waals surface area (Å²) in [4.78, 5) is 30.0. The zero-order valence-corrected chi connectivity index (χ0v) is 15.8. The van der Waals surface area contributed by atoms with Gasteiger partial charge in [-0.2, -0.15) is 0 Å². The van der Waals surface area contributed by atoms with Crippen LogP contribution in [-0.2, 0) is 22.4 Å². The third-order valence-electron chi connectivity index (χ3n) is 5.48. The van der Waals surface area contributed by atoms with Gasteiger partial charge in [0.2, 0.25) is 11.8 Å². The van der Waals surface area contributed by atoms with Gasteiger partial charge in [-0.3, -0.25) is 14.5 Å². The molecular weight excluding hydrogens is 336 g/mol. The van der Waals surface area contributed by atoms with E-state index in [4.69, 9.17) is 0 Å². The number of nitrogens with one attached hydrogen (secondary N) is 1. The van der Waals surface area contributed by atoms with E-state index in [0.717, 1.165) is 16.6 Å². The van der Waals surface area contributed by atoms with E-state index in [1.165, 1.54) is 21.4 Å². The first-order chi connectivity index (χ1) is 13.0. The Morgan fingerprint density at radius 3 is 2.67 bits per heavy atom. The molecule has 2 aromatic carbocycles. The van der Waals surface area contributed by atoms with Gasteiger partial charge in [0.15, 0.2) is 0 Å². The maximum Gasteiger partial charge on any atom is 0.233 e. The van der Waals surface area contributed by atoms with E-state index in [2.05, 4.69) is 31.0 Å². The standard InChI is InChI=1S/C23H24N2O2/c1-15-10-16(2)22-20(11-15)18(14-24-22)8-9-25-21(26)13-19(23(25)27)12-17-6-4-3-5-7-17/h3-7,10-11,14,19,24H,8-9,12-13H2,1-2H3. The summed E-state index contributed by atoms with van der Waals surface area (Å²) >= 11 is 0. The second kappa shape index (κ2) is 7.03. The van der Waals surface area contributed by atoms with Crippen LogP contribution < -0.4 is 0 Å². The number of imide groups is 1. The molecule has 4 heteroatoms. The lowest BCUT2D eigenvalue weighted by atomic mass is 9.98. The zero-order chi connectivity index (χ0) is 19.0. The minimum Gasteiger partial charge on any atom is -0.361 e. The molecular formula is C23H24N2O2. The van der Waals surface area contributed by atoms with E-state index in [0.29, 0.717) is 25.8 Å². The van der Waals surface area contributed by atoms with Gasteiger partial charge in [0.1, 0.15) is 0 Å².